The second-order valence-corrected chi connectivity index (χ2v) is 7.07. The van der Waals surface area contributed by atoms with E-state index in [0.717, 1.165) is 55.5 Å². The number of rotatable bonds is 6. The van der Waals surface area contributed by atoms with E-state index in [-0.39, 0.29) is 5.91 Å². The molecule has 2 aromatic carbocycles. The minimum atomic E-state index is 0.235. The Morgan fingerprint density at radius 2 is 1.77 bits per heavy atom. The van der Waals surface area contributed by atoms with E-state index in [9.17, 15) is 4.79 Å². The van der Waals surface area contributed by atoms with Crippen molar-refractivity contribution in [3.8, 4) is 5.75 Å². The maximum absolute atomic E-state index is 12.5. The van der Waals surface area contributed by atoms with Gasteiger partial charge in [0.2, 0.25) is 5.91 Å². The van der Waals surface area contributed by atoms with Crippen LogP contribution in [0.2, 0.25) is 5.02 Å². The summed E-state index contributed by atoms with van der Waals surface area (Å²) in [5, 5.41) is 0.764. The fourth-order valence-electron chi connectivity index (χ4n) is 3.24. The van der Waals surface area contributed by atoms with E-state index in [4.69, 9.17) is 16.3 Å². The van der Waals surface area contributed by atoms with E-state index in [0.29, 0.717) is 6.42 Å². The average Bonchev–Trinajstić information content (AvgIpc) is 2.68. The lowest BCUT2D eigenvalue weighted by Gasteiger charge is -2.34. The van der Waals surface area contributed by atoms with Gasteiger partial charge in [-0.25, -0.2) is 0 Å². The van der Waals surface area contributed by atoms with Crippen LogP contribution in [0.5, 0.6) is 5.75 Å². The van der Waals surface area contributed by atoms with E-state index in [1.54, 1.807) is 7.11 Å². The SMILES string of the molecule is COc1cccc(CCC(=O)N2CCN(Cc3ccc(Cl)cc3)CC2)c1. The Balaban J connectivity index is 1.43. The van der Waals surface area contributed by atoms with Gasteiger partial charge in [-0.05, 0) is 41.8 Å². The number of amides is 1. The molecule has 26 heavy (non-hydrogen) atoms. The summed E-state index contributed by atoms with van der Waals surface area (Å²) in [5.41, 5.74) is 2.39. The van der Waals surface area contributed by atoms with Crippen molar-refractivity contribution in [1.29, 1.82) is 0 Å². The zero-order chi connectivity index (χ0) is 18.4. The highest BCUT2D eigenvalue weighted by molar-refractivity contribution is 6.30. The number of carbonyl (C=O) groups excluding carboxylic acids is 1. The van der Waals surface area contributed by atoms with Crippen molar-refractivity contribution in [2.45, 2.75) is 19.4 Å². The molecule has 0 N–H and O–H groups in total. The summed E-state index contributed by atoms with van der Waals surface area (Å²) in [6.07, 6.45) is 1.30. The Morgan fingerprint density at radius 3 is 2.46 bits per heavy atom. The first-order valence-corrected chi connectivity index (χ1v) is 9.39. The Labute approximate surface area is 160 Å². The fourth-order valence-corrected chi connectivity index (χ4v) is 3.37. The first-order chi connectivity index (χ1) is 12.6. The topological polar surface area (TPSA) is 32.8 Å². The van der Waals surface area contributed by atoms with Crippen molar-refractivity contribution in [1.82, 2.24) is 9.80 Å². The van der Waals surface area contributed by atoms with Gasteiger partial charge in [-0.15, -0.1) is 0 Å². The Kier molecular flexibility index (Phi) is 6.53. The second-order valence-electron chi connectivity index (χ2n) is 6.63. The van der Waals surface area contributed by atoms with Crippen LogP contribution in [0, 0.1) is 0 Å². The molecule has 5 heteroatoms. The number of benzene rings is 2. The molecule has 2 aromatic rings. The van der Waals surface area contributed by atoms with Gasteiger partial charge in [0.1, 0.15) is 5.75 Å². The minimum Gasteiger partial charge on any atom is -0.497 e. The van der Waals surface area contributed by atoms with Crippen LogP contribution in [0.25, 0.3) is 0 Å². The molecule has 1 heterocycles. The van der Waals surface area contributed by atoms with E-state index in [2.05, 4.69) is 17.0 Å². The lowest BCUT2D eigenvalue weighted by molar-refractivity contribution is -0.133. The summed E-state index contributed by atoms with van der Waals surface area (Å²) in [6.45, 7) is 4.32. The molecule has 0 unspecified atom stereocenters. The number of nitrogens with zero attached hydrogens (tertiary/aromatic N) is 2. The van der Waals surface area contributed by atoms with Crippen LogP contribution >= 0.6 is 11.6 Å². The quantitative estimate of drug-likeness (QED) is 0.776. The first-order valence-electron chi connectivity index (χ1n) is 9.01. The highest BCUT2D eigenvalue weighted by Crippen LogP contribution is 2.16. The monoisotopic (exact) mass is 372 g/mol. The molecular formula is C21H25ClN2O2. The Hall–Kier alpha value is -2.04. The summed E-state index contributed by atoms with van der Waals surface area (Å²) in [6, 6.07) is 15.9. The first kappa shape index (κ1) is 18.7. The van der Waals surface area contributed by atoms with Crippen molar-refractivity contribution in [3.05, 3.63) is 64.7 Å². The summed E-state index contributed by atoms with van der Waals surface area (Å²) in [7, 11) is 1.66. The predicted molar refractivity (Wildman–Crippen MR) is 105 cm³/mol. The lowest BCUT2D eigenvalue weighted by atomic mass is 10.1. The normalized spacial score (nSPS) is 15.1. The van der Waals surface area contributed by atoms with E-state index >= 15 is 0 Å². The number of halogens is 1. The molecule has 1 aliphatic heterocycles. The van der Waals surface area contributed by atoms with Crippen molar-refractivity contribution in [3.63, 3.8) is 0 Å². The number of carbonyl (C=O) groups is 1. The lowest BCUT2D eigenvalue weighted by Crippen LogP contribution is -2.48. The van der Waals surface area contributed by atoms with E-state index in [1.807, 2.05) is 41.3 Å². The summed E-state index contributed by atoms with van der Waals surface area (Å²) < 4.78 is 5.24. The maximum atomic E-state index is 12.5. The highest BCUT2D eigenvalue weighted by atomic mass is 35.5. The van der Waals surface area contributed by atoms with E-state index < -0.39 is 0 Å². The highest BCUT2D eigenvalue weighted by Gasteiger charge is 2.20. The van der Waals surface area contributed by atoms with Gasteiger partial charge in [-0.1, -0.05) is 35.9 Å². The summed E-state index contributed by atoms with van der Waals surface area (Å²) >= 11 is 5.93. The molecule has 1 saturated heterocycles. The molecule has 0 bridgehead atoms. The largest absolute Gasteiger partial charge is 0.497 e. The summed E-state index contributed by atoms with van der Waals surface area (Å²) in [4.78, 5) is 16.9. The van der Waals surface area contributed by atoms with Crippen LogP contribution in [0.15, 0.2) is 48.5 Å². The maximum Gasteiger partial charge on any atom is 0.222 e. The molecule has 1 amide bonds. The third-order valence-electron chi connectivity index (χ3n) is 4.81. The third-order valence-corrected chi connectivity index (χ3v) is 5.06. The van der Waals surface area contributed by atoms with Crippen LogP contribution in [0.3, 0.4) is 0 Å². The Morgan fingerprint density at radius 1 is 1.04 bits per heavy atom. The van der Waals surface area contributed by atoms with Gasteiger partial charge in [0.15, 0.2) is 0 Å². The van der Waals surface area contributed by atoms with Gasteiger partial charge in [0, 0.05) is 44.2 Å². The number of methoxy groups -OCH3 is 1. The average molecular weight is 373 g/mol. The van der Waals surface area contributed by atoms with Crippen molar-refractivity contribution >= 4 is 17.5 Å². The minimum absolute atomic E-state index is 0.235. The van der Waals surface area contributed by atoms with Crippen molar-refractivity contribution in [2.75, 3.05) is 33.3 Å². The molecule has 1 fully saturated rings. The molecule has 0 aliphatic carbocycles. The van der Waals surface area contributed by atoms with E-state index in [1.165, 1.54) is 5.56 Å². The Bertz CT molecular complexity index is 725. The van der Waals surface area contributed by atoms with Gasteiger partial charge in [-0.2, -0.15) is 0 Å². The smallest absolute Gasteiger partial charge is 0.222 e. The van der Waals surface area contributed by atoms with Crippen LogP contribution in [0.4, 0.5) is 0 Å². The van der Waals surface area contributed by atoms with Crippen LogP contribution in [-0.4, -0.2) is 49.0 Å². The van der Waals surface area contributed by atoms with Crippen molar-refractivity contribution in [2.24, 2.45) is 0 Å². The molecule has 0 atom stereocenters. The number of hydrogen-bond acceptors (Lipinski definition) is 3. The van der Waals surface area contributed by atoms with Crippen molar-refractivity contribution < 1.29 is 9.53 Å². The number of ether oxygens (including phenoxy) is 1. The molecule has 138 valence electrons. The van der Waals surface area contributed by atoms with Gasteiger partial charge < -0.3 is 9.64 Å². The van der Waals surface area contributed by atoms with Gasteiger partial charge >= 0.3 is 0 Å². The predicted octanol–water partition coefficient (Wildman–Crippen LogP) is 3.63. The summed E-state index contributed by atoms with van der Waals surface area (Å²) in [5.74, 6) is 1.07. The fraction of sp³-hybridized carbons (Fsp3) is 0.381. The van der Waals surface area contributed by atoms with Crippen LogP contribution in [0.1, 0.15) is 17.5 Å². The molecular weight excluding hydrogens is 348 g/mol. The zero-order valence-corrected chi connectivity index (χ0v) is 15.9. The molecule has 3 rings (SSSR count). The third kappa shape index (κ3) is 5.23. The zero-order valence-electron chi connectivity index (χ0n) is 15.2. The number of piperazine rings is 1. The van der Waals surface area contributed by atoms with Crippen LogP contribution < -0.4 is 4.74 Å². The molecule has 0 spiro atoms. The van der Waals surface area contributed by atoms with Gasteiger partial charge in [0.05, 0.1) is 7.11 Å². The van der Waals surface area contributed by atoms with Gasteiger partial charge in [-0.3, -0.25) is 9.69 Å². The number of aryl methyl sites for hydroxylation is 1. The molecule has 0 saturated carbocycles. The molecule has 1 aliphatic rings. The second kappa shape index (κ2) is 9.06. The standard InChI is InChI=1S/C21H25ClN2O2/c1-26-20-4-2-3-17(15-20)7-10-21(25)24-13-11-23(12-14-24)16-18-5-8-19(22)9-6-18/h2-6,8-9,15H,7,10-14,16H2,1H3. The van der Waals surface area contributed by atoms with Crippen LogP contribution in [-0.2, 0) is 17.8 Å². The number of hydrogen-bond donors (Lipinski definition) is 0. The molecule has 0 radical (unpaired) electrons. The molecule has 0 aromatic heterocycles. The molecule has 4 nitrogen and oxygen atoms in total. The van der Waals surface area contributed by atoms with Gasteiger partial charge in [0.25, 0.3) is 0 Å².